The molecular formula is C21H14FN5O3. The van der Waals surface area contributed by atoms with Crippen LogP contribution >= 0.6 is 0 Å². The molecule has 0 saturated carbocycles. The quantitative estimate of drug-likeness (QED) is 0.480. The van der Waals surface area contributed by atoms with E-state index in [1.807, 2.05) is 0 Å². The van der Waals surface area contributed by atoms with Gasteiger partial charge in [-0.05, 0) is 54.6 Å². The van der Waals surface area contributed by atoms with Crippen molar-refractivity contribution >= 4 is 22.5 Å². The maximum Gasteiger partial charge on any atom is 0.281 e. The summed E-state index contributed by atoms with van der Waals surface area (Å²) < 4.78 is 20.0. The molecule has 148 valence electrons. The molecule has 5 rings (SSSR count). The molecule has 0 aliphatic carbocycles. The van der Waals surface area contributed by atoms with Crippen LogP contribution in [0.5, 0.6) is 0 Å². The van der Waals surface area contributed by atoms with Crippen LogP contribution in [-0.2, 0) is 6.54 Å². The Morgan fingerprint density at radius 3 is 2.77 bits per heavy atom. The van der Waals surface area contributed by atoms with Gasteiger partial charge in [-0.2, -0.15) is 10.1 Å². The minimum Gasteiger partial charge on any atom is -0.467 e. The highest BCUT2D eigenvalue weighted by Crippen LogP contribution is 2.23. The zero-order chi connectivity index (χ0) is 20.7. The average Bonchev–Trinajstić information content (AvgIpc) is 3.42. The van der Waals surface area contributed by atoms with Crippen LogP contribution in [0, 0.1) is 5.82 Å². The summed E-state index contributed by atoms with van der Waals surface area (Å²) in [6.45, 7) is 0.244. The Bertz CT molecular complexity index is 1440. The number of aromatic nitrogens is 4. The second-order valence-electron chi connectivity index (χ2n) is 6.64. The first-order valence-corrected chi connectivity index (χ1v) is 9.07. The highest BCUT2D eigenvalue weighted by molar-refractivity contribution is 5.98. The number of carbonyl (C=O) groups excluding carboxylic acids is 1. The first-order valence-electron chi connectivity index (χ1n) is 9.07. The molecule has 0 radical (unpaired) electrons. The summed E-state index contributed by atoms with van der Waals surface area (Å²) in [5.41, 5.74) is 1.67. The normalized spacial score (nSPS) is 11.2. The van der Waals surface area contributed by atoms with Crippen molar-refractivity contribution in [3.8, 4) is 11.3 Å². The number of benzene rings is 2. The molecule has 0 aliphatic rings. The minimum absolute atomic E-state index is 0.244. The van der Waals surface area contributed by atoms with Crippen molar-refractivity contribution < 1.29 is 13.6 Å². The van der Waals surface area contributed by atoms with E-state index in [4.69, 9.17) is 4.42 Å². The van der Waals surface area contributed by atoms with E-state index in [-0.39, 0.29) is 23.9 Å². The van der Waals surface area contributed by atoms with E-state index in [0.717, 1.165) is 0 Å². The highest BCUT2D eigenvalue weighted by atomic mass is 19.1. The van der Waals surface area contributed by atoms with Crippen LogP contribution in [0.2, 0.25) is 0 Å². The van der Waals surface area contributed by atoms with Crippen molar-refractivity contribution in [3.05, 3.63) is 88.4 Å². The van der Waals surface area contributed by atoms with Gasteiger partial charge in [-0.25, -0.2) is 14.1 Å². The molecular weight excluding hydrogens is 389 g/mol. The highest BCUT2D eigenvalue weighted by Gasteiger charge is 2.16. The number of aromatic amines is 1. The van der Waals surface area contributed by atoms with Gasteiger partial charge in [0.05, 0.1) is 23.7 Å². The van der Waals surface area contributed by atoms with Gasteiger partial charge in [-0.3, -0.25) is 9.59 Å². The maximum atomic E-state index is 13.2. The number of amides is 1. The van der Waals surface area contributed by atoms with Gasteiger partial charge in [-0.15, -0.1) is 0 Å². The molecule has 1 amide bonds. The molecule has 30 heavy (non-hydrogen) atoms. The summed E-state index contributed by atoms with van der Waals surface area (Å²) in [5.74, 6) is -0.0617. The first-order chi connectivity index (χ1) is 14.6. The summed E-state index contributed by atoms with van der Waals surface area (Å²) in [6.07, 6.45) is 1.53. The third kappa shape index (κ3) is 3.02. The summed E-state index contributed by atoms with van der Waals surface area (Å²) in [7, 11) is 0. The first kappa shape index (κ1) is 17.8. The summed E-state index contributed by atoms with van der Waals surface area (Å²) >= 11 is 0. The zero-order valence-electron chi connectivity index (χ0n) is 15.4. The van der Waals surface area contributed by atoms with Crippen molar-refractivity contribution in [1.29, 1.82) is 0 Å². The lowest BCUT2D eigenvalue weighted by molar-refractivity contribution is 0.0948. The van der Waals surface area contributed by atoms with E-state index in [2.05, 4.69) is 20.6 Å². The molecule has 3 heterocycles. The number of fused-ring (bicyclic) bond motifs is 3. The van der Waals surface area contributed by atoms with Gasteiger partial charge in [0.2, 0.25) is 0 Å². The Labute approximate surface area is 168 Å². The Morgan fingerprint density at radius 2 is 2.00 bits per heavy atom. The molecule has 9 heteroatoms. The van der Waals surface area contributed by atoms with E-state index in [9.17, 15) is 14.0 Å². The molecule has 0 unspecified atom stereocenters. The van der Waals surface area contributed by atoms with Crippen molar-refractivity contribution in [3.63, 3.8) is 0 Å². The fourth-order valence-electron chi connectivity index (χ4n) is 3.25. The second kappa shape index (κ2) is 6.96. The molecule has 0 fully saturated rings. The van der Waals surface area contributed by atoms with Crippen LogP contribution in [0.1, 0.15) is 16.1 Å². The van der Waals surface area contributed by atoms with Crippen molar-refractivity contribution in [2.75, 3.05) is 0 Å². The average molecular weight is 403 g/mol. The standard InChI is InChI=1S/C21H14FN5O3/c22-14-6-3-12(4-7-14)18-19-24-21(29)16-8-5-13(10-17(16)27(19)26-25-18)20(28)23-11-15-2-1-9-30-15/h1-10,26H,11H2,(H,23,28). The van der Waals surface area contributed by atoms with Crippen LogP contribution in [0.15, 0.2) is 70.1 Å². The van der Waals surface area contributed by atoms with Gasteiger partial charge in [-0.1, -0.05) is 0 Å². The molecule has 0 spiro atoms. The minimum atomic E-state index is -0.447. The van der Waals surface area contributed by atoms with E-state index in [1.165, 1.54) is 22.9 Å². The molecule has 2 N–H and O–H groups in total. The summed E-state index contributed by atoms with van der Waals surface area (Å²) in [5, 5.41) is 10.2. The smallest absolute Gasteiger partial charge is 0.281 e. The molecule has 2 aromatic carbocycles. The molecule has 0 atom stereocenters. The Hall–Kier alpha value is -4.27. The van der Waals surface area contributed by atoms with Crippen LogP contribution in [0.4, 0.5) is 4.39 Å². The van der Waals surface area contributed by atoms with E-state index in [0.29, 0.717) is 33.5 Å². The lowest BCUT2D eigenvalue weighted by atomic mass is 10.1. The number of H-pyrrole nitrogens is 1. The number of hydrogen-bond acceptors (Lipinski definition) is 5. The van der Waals surface area contributed by atoms with Crippen molar-refractivity contribution in [1.82, 2.24) is 25.1 Å². The number of hydrogen-bond donors (Lipinski definition) is 2. The van der Waals surface area contributed by atoms with Crippen molar-refractivity contribution in [2.24, 2.45) is 0 Å². The number of furan rings is 1. The SMILES string of the molecule is O=C(NCc1ccco1)c1ccc2c(=O)nc3c(-c4ccc(F)cc4)n[nH]n3c2c1. The van der Waals surface area contributed by atoms with E-state index >= 15 is 0 Å². The molecule has 8 nitrogen and oxygen atoms in total. The largest absolute Gasteiger partial charge is 0.467 e. The van der Waals surface area contributed by atoms with Gasteiger partial charge in [0, 0.05) is 11.1 Å². The summed E-state index contributed by atoms with van der Waals surface area (Å²) in [4.78, 5) is 29.2. The van der Waals surface area contributed by atoms with E-state index in [1.54, 1.807) is 42.5 Å². The molecule has 0 aliphatic heterocycles. The van der Waals surface area contributed by atoms with Crippen LogP contribution in [0.25, 0.3) is 27.8 Å². The number of nitrogens with zero attached hydrogens (tertiary/aromatic N) is 3. The number of carbonyl (C=O) groups is 1. The molecule has 3 aromatic heterocycles. The van der Waals surface area contributed by atoms with Gasteiger partial charge in [0.25, 0.3) is 11.5 Å². The van der Waals surface area contributed by atoms with Gasteiger partial charge >= 0.3 is 0 Å². The number of nitrogens with one attached hydrogen (secondary N) is 2. The van der Waals surface area contributed by atoms with Crippen LogP contribution in [-0.4, -0.2) is 25.7 Å². The topological polar surface area (TPSA) is 105 Å². The lowest BCUT2D eigenvalue weighted by Crippen LogP contribution is -2.22. The predicted octanol–water partition coefficient (Wildman–Crippen LogP) is 2.90. The number of rotatable bonds is 4. The predicted molar refractivity (Wildman–Crippen MR) is 106 cm³/mol. The van der Waals surface area contributed by atoms with Crippen LogP contribution < -0.4 is 10.9 Å². The van der Waals surface area contributed by atoms with Gasteiger partial charge < -0.3 is 9.73 Å². The zero-order valence-corrected chi connectivity index (χ0v) is 15.4. The summed E-state index contributed by atoms with van der Waals surface area (Å²) in [6, 6.07) is 13.9. The Kier molecular flexibility index (Phi) is 4.13. The van der Waals surface area contributed by atoms with Crippen LogP contribution in [0.3, 0.4) is 0 Å². The molecule has 0 saturated heterocycles. The lowest BCUT2D eigenvalue weighted by Gasteiger charge is -2.06. The molecule has 0 bridgehead atoms. The fourth-order valence-corrected chi connectivity index (χ4v) is 3.25. The maximum absolute atomic E-state index is 13.2. The molecule has 5 aromatic rings. The van der Waals surface area contributed by atoms with Gasteiger partial charge in [0.1, 0.15) is 17.3 Å². The third-order valence-corrected chi connectivity index (χ3v) is 4.75. The monoisotopic (exact) mass is 403 g/mol. The van der Waals surface area contributed by atoms with Gasteiger partial charge in [0.15, 0.2) is 5.65 Å². The second-order valence-corrected chi connectivity index (χ2v) is 6.64. The third-order valence-electron chi connectivity index (χ3n) is 4.75. The van der Waals surface area contributed by atoms with Crippen molar-refractivity contribution in [2.45, 2.75) is 6.54 Å². The Balaban J connectivity index is 1.58. The fraction of sp³-hybridized carbons (Fsp3) is 0.0476. The number of halogens is 1. The van der Waals surface area contributed by atoms with E-state index < -0.39 is 5.56 Å². The Morgan fingerprint density at radius 1 is 1.17 bits per heavy atom.